The lowest BCUT2D eigenvalue weighted by atomic mass is 9.88. The number of aromatic carboxylic acids is 1. The standard InChI is InChI=1S/C33H32ClFN2O3/c1-4-10-30(25-12-6-7-15-28(25)35)37-32(38)22-17-18-24(26(19-22)33(39)40)31-23(13-9-14-27(31)34)21(3)36-29-16-8-5-11-20(29)2/h5-9,11-19,25,28,30,36H,3-4,10H2,1-2H3,(H,37,38)(H,39,40). The number of nitrogens with one attached hydrogen (secondary N) is 2. The summed E-state index contributed by atoms with van der Waals surface area (Å²) in [7, 11) is 0. The molecule has 0 aromatic heterocycles. The first-order valence-corrected chi connectivity index (χ1v) is 13.6. The van der Waals surface area contributed by atoms with Gasteiger partial charge in [-0.05, 0) is 48.7 Å². The number of hydrogen-bond acceptors (Lipinski definition) is 3. The predicted molar refractivity (Wildman–Crippen MR) is 161 cm³/mol. The van der Waals surface area contributed by atoms with Crippen LogP contribution < -0.4 is 10.6 Å². The summed E-state index contributed by atoms with van der Waals surface area (Å²) in [6.45, 7) is 8.13. The fraction of sp³-hybridized carbons (Fsp3) is 0.212. The first kappa shape index (κ1) is 28.8. The number of hydrogen-bond donors (Lipinski definition) is 3. The molecule has 3 atom stereocenters. The molecule has 0 bridgehead atoms. The molecule has 0 aliphatic heterocycles. The van der Waals surface area contributed by atoms with Gasteiger partial charge in [0.15, 0.2) is 0 Å². The number of carbonyl (C=O) groups is 2. The van der Waals surface area contributed by atoms with E-state index in [1.807, 2.05) is 44.2 Å². The molecular formula is C33H32ClFN2O3. The van der Waals surface area contributed by atoms with Crippen LogP contribution in [0.5, 0.6) is 0 Å². The SMILES string of the molecule is C=C(Nc1ccccc1C)c1cccc(Cl)c1-c1ccc(C(=O)NC(CCC)C2C=CC=CC2F)cc1C(=O)O. The molecule has 206 valence electrons. The number of carboxylic acids is 1. The third kappa shape index (κ3) is 6.35. The van der Waals surface area contributed by atoms with Gasteiger partial charge in [0.2, 0.25) is 0 Å². The van der Waals surface area contributed by atoms with E-state index in [0.29, 0.717) is 33.8 Å². The predicted octanol–water partition coefficient (Wildman–Crippen LogP) is 8.08. The Balaban J connectivity index is 1.68. The molecule has 7 heteroatoms. The molecular weight excluding hydrogens is 527 g/mol. The van der Waals surface area contributed by atoms with Crippen molar-refractivity contribution < 1.29 is 19.1 Å². The number of allylic oxidation sites excluding steroid dienone is 3. The number of carboxylic acid groups (broad SMARTS) is 1. The number of aryl methyl sites for hydroxylation is 1. The number of rotatable bonds is 10. The van der Waals surface area contributed by atoms with Crippen LogP contribution in [0.3, 0.4) is 0 Å². The van der Waals surface area contributed by atoms with Crippen molar-refractivity contribution in [1.82, 2.24) is 5.32 Å². The maximum Gasteiger partial charge on any atom is 0.336 e. The zero-order valence-corrected chi connectivity index (χ0v) is 23.2. The molecule has 0 saturated carbocycles. The van der Waals surface area contributed by atoms with Crippen molar-refractivity contribution in [1.29, 1.82) is 0 Å². The largest absolute Gasteiger partial charge is 0.478 e. The van der Waals surface area contributed by atoms with Crippen LogP contribution in [0.4, 0.5) is 10.1 Å². The van der Waals surface area contributed by atoms with Crippen LogP contribution in [0.1, 0.15) is 51.6 Å². The summed E-state index contributed by atoms with van der Waals surface area (Å²) in [6, 6.07) is 17.1. The van der Waals surface area contributed by atoms with Crippen LogP contribution in [0.15, 0.2) is 91.5 Å². The Morgan fingerprint density at radius 3 is 2.50 bits per heavy atom. The van der Waals surface area contributed by atoms with E-state index >= 15 is 0 Å². The molecule has 3 aromatic carbocycles. The van der Waals surface area contributed by atoms with Crippen molar-refractivity contribution in [3.8, 4) is 11.1 Å². The zero-order chi connectivity index (χ0) is 28.8. The number of amides is 1. The highest BCUT2D eigenvalue weighted by atomic mass is 35.5. The van der Waals surface area contributed by atoms with Crippen molar-refractivity contribution in [3.63, 3.8) is 0 Å². The van der Waals surface area contributed by atoms with Crippen LogP contribution in [-0.4, -0.2) is 29.2 Å². The summed E-state index contributed by atoms with van der Waals surface area (Å²) in [5, 5.41) is 16.7. The Morgan fingerprint density at radius 2 is 1.80 bits per heavy atom. The Morgan fingerprint density at radius 1 is 1.05 bits per heavy atom. The molecule has 5 nitrogen and oxygen atoms in total. The van der Waals surface area contributed by atoms with Gasteiger partial charge in [-0.3, -0.25) is 4.79 Å². The van der Waals surface area contributed by atoms with Gasteiger partial charge in [-0.25, -0.2) is 9.18 Å². The van der Waals surface area contributed by atoms with E-state index in [1.165, 1.54) is 12.1 Å². The molecule has 1 aliphatic carbocycles. The maximum atomic E-state index is 14.6. The smallest absolute Gasteiger partial charge is 0.336 e. The fourth-order valence-electron chi connectivity index (χ4n) is 4.95. The topological polar surface area (TPSA) is 78.4 Å². The van der Waals surface area contributed by atoms with Gasteiger partial charge in [0.1, 0.15) is 6.17 Å². The van der Waals surface area contributed by atoms with Crippen LogP contribution >= 0.6 is 11.6 Å². The minimum Gasteiger partial charge on any atom is -0.478 e. The van der Waals surface area contributed by atoms with E-state index in [4.69, 9.17) is 11.6 Å². The number of alkyl halides is 1. The average Bonchev–Trinajstić information content (AvgIpc) is 2.94. The molecule has 1 aliphatic rings. The zero-order valence-electron chi connectivity index (χ0n) is 22.5. The summed E-state index contributed by atoms with van der Waals surface area (Å²) in [6.07, 6.45) is 6.78. The Hall–Kier alpha value is -4.16. The molecule has 0 saturated heterocycles. The summed E-state index contributed by atoms with van der Waals surface area (Å²) in [5.41, 5.74) is 3.99. The van der Waals surface area contributed by atoms with Crippen molar-refractivity contribution >= 4 is 34.9 Å². The second-order valence-electron chi connectivity index (χ2n) is 9.81. The molecule has 3 N–H and O–H groups in total. The van der Waals surface area contributed by atoms with Gasteiger partial charge in [0.05, 0.1) is 5.56 Å². The van der Waals surface area contributed by atoms with E-state index in [9.17, 15) is 19.1 Å². The van der Waals surface area contributed by atoms with Gasteiger partial charge in [-0.2, -0.15) is 0 Å². The molecule has 0 fully saturated rings. The van der Waals surface area contributed by atoms with E-state index in [1.54, 1.807) is 42.5 Å². The molecule has 0 spiro atoms. The van der Waals surface area contributed by atoms with Crippen LogP contribution in [0.25, 0.3) is 16.8 Å². The molecule has 1 amide bonds. The summed E-state index contributed by atoms with van der Waals surface area (Å²) >= 11 is 6.64. The lowest BCUT2D eigenvalue weighted by molar-refractivity contribution is 0.0697. The first-order chi connectivity index (χ1) is 19.2. The second-order valence-corrected chi connectivity index (χ2v) is 10.2. The molecule has 3 aromatic rings. The van der Waals surface area contributed by atoms with Crippen molar-refractivity contribution in [2.45, 2.75) is 38.9 Å². The molecule has 40 heavy (non-hydrogen) atoms. The normalized spacial score (nSPS) is 16.8. The number of halogens is 2. The first-order valence-electron chi connectivity index (χ1n) is 13.2. The molecule has 0 heterocycles. The van der Waals surface area contributed by atoms with Crippen molar-refractivity contribution in [2.75, 3.05) is 5.32 Å². The summed E-state index contributed by atoms with van der Waals surface area (Å²) in [4.78, 5) is 25.7. The number of carbonyl (C=O) groups excluding carboxylic acids is 1. The van der Waals surface area contributed by atoms with Gasteiger partial charge in [0, 0.05) is 45.1 Å². The Bertz CT molecular complexity index is 1500. The minimum absolute atomic E-state index is 0.0819. The Kier molecular flexibility index (Phi) is 9.22. The number of para-hydroxylation sites is 1. The summed E-state index contributed by atoms with van der Waals surface area (Å²) < 4.78 is 14.6. The van der Waals surface area contributed by atoms with E-state index in [2.05, 4.69) is 17.2 Å². The number of anilines is 1. The monoisotopic (exact) mass is 558 g/mol. The van der Waals surface area contributed by atoms with Gasteiger partial charge in [-0.15, -0.1) is 0 Å². The van der Waals surface area contributed by atoms with E-state index < -0.39 is 30.0 Å². The van der Waals surface area contributed by atoms with Gasteiger partial charge in [0.25, 0.3) is 5.91 Å². The highest BCUT2D eigenvalue weighted by Crippen LogP contribution is 2.38. The molecule has 3 unspecified atom stereocenters. The van der Waals surface area contributed by atoms with Crippen LogP contribution in [0.2, 0.25) is 5.02 Å². The van der Waals surface area contributed by atoms with Crippen LogP contribution in [0, 0.1) is 12.8 Å². The molecule has 0 radical (unpaired) electrons. The Labute approximate surface area is 239 Å². The lowest BCUT2D eigenvalue weighted by Crippen LogP contribution is -2.43. The van der Waals surface area contributed by atoms with Gasteiger partial charge >= 0.3 is 5.97 Å². The highest BCUT2D eigenvalue weighted by molar-refractivity contribution is 6.34. The average molecular weight is 559 g/mol. The van der Waals surface area contributed by atoms with E-state index in [-0.39, 0.29) is 11.1 Å². The fourth-order valence-corrected chi connectivity index (χ4v) is 5.23. The lowest BCUT2D eigenvalue weighted by Gasteiger charge is -2.28. The molecule has 4 rings (SSSR count). The number of benzene rings is 3. The van der Waals surface area contributed by atoms with Crippen molar-refractivity contribution in [3.05, 3.63) is 119 Å². The van der Waals surface area contributed by atoms with Crippen LogP contribution in [-0.2, 0) is 0 Å². The highest BCUT2D eigenvalue weighted by Gasteiger charge is 2.29. The minimum atomic E-state index is -1.21. The second kappa shape index (κ2) is 12.8. The van der Waals surface area contributed by atoms with Crippen molar-refractivity contribution in [2.24, 2.45) is 5.92 Å². The van der Waals surface area contributed by atoms with Gasteiger partial charge in [-0.1, -0.05) is 92.2 Å². The van der Waals surface area contributed by atoms with Gasteiger partial charge < -0.3 is 15.7 Å². The summed E-state index contributed by atoms with van der Waals surface area (Å²) in [5.74, 6) is -2.17. The third-order valence-electron chi connectivity index (χ3n) is 7.04. The van der Waals surface area contributed by atoms with E-state index in [0.717, 1.165) is 17.7 Å². The third-order valence-corrected chi connectivity index (χ3v) is 7.35. The maximum absolute atomic E-state index is 14.6. The quantitative estimate of drug-likeness (QED) is 0.235.